The lowest BCUT2D eigenvalue weighted by atomic mass is 10.1. The van der Waals surface area contributed by atoms with Crippen LogP contribution in [0.2, 0.25) is 5.02 Å². The Morgan fingerprint density at radius 3 is 2.81 bits per heavy atom. The van der Waals surface area contributed by atoms with Crippen molar-refractivity contribution in [3.63, 3.8) is 0 Å². The molecule has 0 spiro atoms. The molecule has 1 aliphatic rings. The number of hydrogen-bond acceptors (Lipinski definition) is 3. The Morgan fingerprint density at radius 1 is 1.33 bits per heavy atom. The predicted octanol–water partition coefficient (Wildman–Crippen LogP) is 2.82. The summed E-state index contributed by atoms with van der Waals surface area (Å²) in [7, 11) is 0. The molecule has 3 rings (SSSR count). The first-order valence-corrected chi connectivity index (χ1v) is 8.45. The van der Waals surface area contributed by atoms with Crippen molar-refractivity contribution in [2.75, 3.05) is 18.5 Å². The van der Waals surface area contributed by atoms with Gasteiger partial charge in [0.05, 0.1) is 19.2 Å². The number of urea groups is 1. The maximum Gasteiger partial charge on any atom is 0.322 e. The minimum Gasteiger partial charge on any atom is -0.394 e. The van der Waals surface area contributed by atoms with Crippen molar-refractivity contribution in [3.8, 4) is 0 Å². The minimum absolute atomic E-state index is 0.0521. The maximum atomic E-state index is 13.9. The van der Waals surface area contributed by atoms with Gasteiger partial charge in [-0.25, -0.2) is 13.6 Å². The second-order valence-electron chi connectivity index (χ2n) is 6.02. The molecule has 142 valence electrons. The van der Waals surface area contributed by atoms with Crippen molar-refractivity contribution >= 4 is 29.2 Å². The van der Waals surface area contributed by atoms with Gasteiger partial charge < -0.3 is 20.6 Å². The molecule has 1 unspecified atom stereocenters. The van der Waals surface area contributed by atoms with Gasteiger partial charge in [0.15, 0.2) is 0 Å². The number of nitrogens with zero attached hydrogens (tertiary/aromatic N) is 1. The third-order valence-corrected chi connectivity index (χ3v) is 4.54. The van der Waals surface area contributed by atoms with Crippen LogP contribution in [0.25, 0.3) is 0 Å². The molecule has 0 bridgehead atoms. The lowest BCUT2D eigenvalue weighted by molar-refractivity contribution is -0.122. The Bertz CT molecular complexity index is 894. The van der Waals surface area contributed by atoms with Crippen molar-refractivity contribution in [1.82, 2.24) is 10.2 Å². The third-order valence-electron chi connectivity index (χ3n) is 4.19. The molecule has 1 heterocycles. The number of nitrogens with one attached hydrogen (secondary N) is 2. The van der Waals surface area contributed by atoms with Crippen LogP contribution in [0.1, 0.15) is 17.2 Å². The van der Waals surface area contributed by atoms with Crippen LogP contribution in [0, 0.1) is 11.6 Å². The molecule has 9 heteroatoms. The largest absolute Gasteiger partial charge is 0.394 e. The molecule has 2 aromatic carbocycles. The van der Waals surface area contributed by atoms with E-state index in [2.05, 4.69) is 10.6 Å². The van der Waals surface area contributed by atoms with Gasteiger partial charge in [-0.15, -0.1) is 0 Å². The van der Waals surface area contributed by atoms with Crippen molar-refractivity contribution in [1.29, 1.82) is 0 Å². The number of aliphatic hydroxyl groups excluding tert-OH is 1. The molecule has 3 amide bonds. The van der Waals surface area contributed by atoms with Gasteiger partial charge in [0.2, 0.25) is 5.91 Å². The van der Waals surface area contributed by atoms with Gasteiger partial charge in [-0.1, -0.05) is 23.7 Å². The molecule has 6 nitrogen and oxygen atoms in total. The summed E-state index contributed by atoms with van der Waals surface area (Å²) in [6.45, 7) is -0.784. The summed E-state index contributed by atoms with van der Waals surface area (Å²) in [4.78, 5) is 25.7. The minimum atomic E-state index is -1.07. The van der Waals surface area contributed by atoms with E-state index < -0.39 is 36.2 Å². The molecule has 0 radical (unpaired) electrons. The van der Waals surface area contributed by atoms with Gasteiger partial charge in [0, 0.05) is 27.9 Å². The number of benzene rings is 2. The van der Waals surface area contributed by atoms with Crippen LogP contribution in [0.15, 0.2) is 36.4 Å². The summed E-state index contributed by atoms with van der Waals surface area (Å²) in [5.74, 6) is -2.26. The van der Waals surface area contributed by atoms with Crippen LogP contribution >= 0.6 is 11.6 Å². The van der Waals surface area contributed by atoms with Crippen LogP contribution in [0.5, 0.6) is 0 Å². The van der Waals surface area contributed by atoms with E-state index in [-0.39, 0.29) is 18.7 Å². The molecule has 27 heavy (non-hydrogen) atoms. The first-order valence-electron chi connectivity index (χ1n) is 8.07. The Balaban J connectivity index is 1.69. The van der Waals surface area contributed by atoms with Gasteiger partial charge in [-0.05, 0) is 18.2 Å². The van der Waals surface area contributed by atoms with Gasteiger partial charge in [-0.3, -0.25) is 4.79 Å². The molecule has 2 aromatic rings. The summed E-state index contributed by atoms with van der Waals surface area (Å²) in [5.41, 5.74) is 1.20. The summed E-state index contributed by atoms with van der Waals surface area (Å²) >= 11 is 6.12. The summed E-state index contributed by atoms with van der Waals surface area (Å²) < 4.78 is 26.9. The number of amides is 3. The van der Waals surface area contributed by atoms with Crippen LogP contribution in [0.4, 0.5) is 19.3 Å². The Labute approximate surface area is 158 Å². The molecule has 1 atom stereocenters. The average Bonchev–Trinajstić information content (AvgIpc) is 2.61. The number of aliphatic hydroxyl groups is 1. The first kappa shape index (κ1) is 19.1. The fraction of sp³-hybridized carbons (Fsp3) is 0.222. The lowest BCUT2D eigenvalue weighted by Crippen LogP contribution is -2.45. The molecular weight excluding hydrogens is 380 g/mol. The van der Waals surface area contributed by atoms with E-state index in [1.165, 1.54) is 4.90 Å². The lowest BCUT2D eigenvalue weighted by Gasteiger charge is -2.30. The predicted molar refractivity (Wildman–Crippen MR) is 95.2 cm³/mol. The van der Waals surface area contributed by atoms with Gasteiger partial charge in [-0.2, -0.15) is 0 Å². The van der Waals surface area contributed by atoms with E-state index in [1.54, 1.807) is 18.2 Å². The molecule has 0 saturated heterocycles. The van der Waals surface area contributed by atoms with E-state index in [1.807, 2.05) is 0 Å². The number of carbonyl (C=O) groups is 2. The highest BCUT2D eigenvalue weighted by Gasteiger charge is 2.27. The highest BCUT2D eigenvalue weighted by atomic mass is 35.5. The van der Waals surface area contributed by atoms with E-state index in [9.17, 15) is 23.5 Å². The molecule has 3 N–H and O–H groups in total. The average molecular weight is 396 g/mol. The van der Waals surface area contributed by atoms with Crippen molar-refractivity contribution in [2.45, 2.75) is 12.6 Å². The molecule has 1 aliphatic heterocycles. The summed E-state index contributed by atoms with van der Waals surface area (Å²) in [6.07, 6.45) is 0. The van der Waals surface area contributed by atoms with Crippen molar-refractivity contribution in [2.24, 2.45) is 0 Å². The zero-order valence-electron chi connectivity index (χ0n) is 14.0. The Kier molecular flexibility index (Phi) is 5.57. The number of carbonyl (C=O) groups excluding carboxylic acids is 2. The van der Waals surface area contributed by atoms with E-state index in [0.29, 0.717) is 22.3 Å². The number of fused-ring (bicyclic) bond motifs is 1. The number of halogens is 3. The highest BCUT2D eigenvalue weighted by molar-refractivity contribution is 6.32. The van der Waals surface area contributed by atoms with Gasteiger partial charge in [0.25, 0.3) is 0 Å². The smallest absolute Gasteiger partial charge is 0.322 e. The van der Waals surface area contributed by atoms with Crippen molar-refractivity contribution in [3.05, 3.63) is 64.2 Å². The Hall–Kier alpha value is -2.71. The zero-order valence-corrected chi connectivity index (χ0v) is 14.8. The summed E-state index contributed by atoms with van der Waals surface area (Å²) in [5, 5.41) is 15.0. The van der Waals surface area contributed by atoms with Crippen LogP contribution < -0.4 is 10.6 Å². The molecular formula is C18H16ClF2N3O3. The maximum absolute atomic E-state index is 13.9. The standard InChI is InChI=1S/C18H16ClF2N3O3/c19-13-2-1-3-15-12(13)7-24(18(27)23-15)8-17(26)22-16(9-25)11-5-4-10(20)6-14(11)21/h1-6,16,25H,7-9H2,(H,22,26)(H,23,27). The number of hydrogen-bond donors (Lipinski definition) is 3. The monoisotopic (exact) mass is 395 g/mol. The summed E-state index contributed by atoms with van der Waals surface area (Å²) in [6, 6.07) is 6.38. The molecule has 0 fully saturated rings. The topological polar surface area (TPSA) is 81.7 Å². The van der Waals surface area contributed by atoms with Gasteiger partial charge >= 0.3 is 6.03 Å². The molecule has 0 saturated carbocycles. The normalized spacial score (nSPS) is 14.4. The second-order valence-corrected chi connectivity index (χ2v) is 6.43. The number of anilines is 1. The van der Waals surface area contributed by atoms with Crippen LogP contribution in [0.3, 0.4) is 0 Å². The van der Waals surface area contributed by atoms with E-state index in [4.69, 9.17) is 11.6 Å². The highest BCUT2D eigenvalue weighted by Crippen LogP contribution is 2.29. The van der Waals surface area contributed by atoms with Crippen molar-refractivity contribution < 1.29 is 23.5 Å². The van der Waals surface area contributed by atoms with Crippen LogP contribution in [-0.2, 0) is 11.3 Å². The van der Waals surface area contributed by atoms with Crippen LogP contribution in [-0.4, -0.2) is 35.1 Å². The quantitative estimate of drug-likeness (QED) is 0.728. The number of rotatable bonds is 5. The van der Waals surface area contributed by atoms with E-state index >= 15 is 0 Å². The molecule has 0 aliphatic carbocycles. The fourth-order valence-electron chi connectivity index (χ4n) is 2.84. The molecule has 0 aromatic heterocycles. The third kappa shape index (κ3) is 4.17. The fourth-order valence-corrected chi connectivity index (χ4v) is 3.07. The SMILES string of the molecule is O=C(CN1Cc2c(Cl)cccc2NC1=O)NC(CO)c1ccc(F)cc1F. The Morgan fingerprint density at radius 2 is 2.11 bits per heavy atom. The first-order chi connectivity index (χ1) is 12.9. The zero-order chi connectivity index (χ0) is 19.6. The second kappa shape index (κ2) is 7.89. The van der Waals surface area contributed by atoms with E-state index in [0.717, 1.165) is 12.1 Å². The van der Waals surface area contributed by atoms with Gasteiger partial charge in [0.1, 0.15) is 18.2 Å².